The summed E-state index contributed by atoms with van der Waals surface area (Å²) in [7, 11) is 0. The third-order valence-electron chi connectivity index (χ3n) is 6.69. The summed E-state index contributed by atoms with van der Waals surface area (Å²) >= 11 is 0. The molecule has 1 N–H and O–H groups in total. The molecule has 0 spiro atoms. The number of H-pyrrole nitrogens is 1. The lowest BCUT2D eigenvalue weighted by Gasteiger charge is -2.38. The highest BCUT2D eigenvalue weighted by Gasteiger charge is 2.32. The molecule has 2 aliphatic rings. The Labute approximate surface area is 217 Å². The van der Waals surface area contributed by atoms with Crippen LogP contribution in [0.4, 0.5) is 26.1 Å². The molecule has 1 unspecified atom stereocenters. The number of halogens is 2. The molecular formula is C26H25F2N7O3. The maximum atomic E-state index is 13.4. The van der Waals surface area contributed by atoms with E-state index in [9.17, 15) is 18.4 Å². The van der Waals surface area contributed by atoms with Crippen LogP contribution in [-0.4, -0.2) is 64.8 Å². The first-order valence-electron chi connectivity index (χ1n) is 12.1. The van der Waals surface area contributed by atoms with Gasteiger partial charge in [0.15, 0.2) is 5.82 Å². The van der Waals surface area contributed by atoms with E-state index in [1.54, 1.807) is 34.9 Å². The van der Waals surface area contributed by atoms with E-state index >= 15 is 0 Å². The molecular weight excluding hydrogens is 496 g/mol. The molecule has 3 aromatic rings. The van der Waals surface area contributed by atoms with Gasteiger partial charge in [-0.1, -0.05) is 0 Å². The molecule has 0 aliphatic carbocycles. The van der Waals surface area contributed by atoms with Crippen LogP contribution in [0.25, 0.3) is 0 Å². The fourth-order valence-electron chi connectivity index (χ4n) is 4.60. The van der Waals surface area contributed by atoms with E-state index < -0.39 is 12.5 Å². The third-order valence-corrected chi connectivity index (χ3v) is 6.69. The lowest BCUT2D eigenvalue weighted by molar-refractivity contribution is -0.133. The van der Waals surface area contributed by atoms with E-state index in [0.717, 1.165) is 5.82 Å². The number of nitrogens with zero attached hydrogens (tertiary/aromatic N) is 6. The molecule has 2 aromatic heterocycles. The van der Waals surface area contributed by atoms with Crippen LogP contribution >= 0.6 is 0 Å². The summed E-state index contributed by atoms with van der Waals surface area (Å²) in [6.45, 7) is 4.04. The number of alkyl halides is 2. The van der Waals surface area contributed by atoms with Crippen molar-refractivity contribution in [3.63, 3.8) is 0 Å². The Hall–Kier alpha value is -4.53. The highest BCUT2D eigenvalue weighted by atomic mass is 19.3. The van der Waals surface area contributed by atoms with Crippen LogP contribution in [0.5, 0.6) is 5.75 Å². The Bertz CT molecular complexity index is 1430. The van der Waals surface area contributed by atoms with E-state index in [-0.39, 0.29) is 30.0 Å². The van der Waals surface area contributed by atoms with Gasteiger partial charge < -0.3 is 19.4 Å². The number of pyridine rings is 1. The van der Waals surface area contributed by atoms with Gasteiger partial charge >= 0.3 is 0 Å². The lowest BCUT2D eigenvalue weighted by atomic mass is 10.1. The molecule has 4 heterocycles. The number of anilines is 3. The van der Waals surface area contributed by atoms with Gasteiger partial charge in [0.05, 0.1) is 24.2 Å². The smallest absolute Gasteiger partial charge is 0.267 e. The van der Waals surface area contributed by atoms with E-state index in [1.807, 2.05) is 6.07 Å². The number of amides is 1. The second kappa shape index (κ2) is 10.5. The average molecular weight is 522 g/mol. The molecule has 1 aromatic carbocycles. The van der Waals surface area contributed by atoms with Gasteiger partial charge in [0, 0.05) is 43.5 Å². The number of aromatic nitrogens is 3. The van der Waals surface area contributed by atoms with Crippen molar-refractivity contribution in [1.82, 2.24) is 20.1 Å². The van der Waals surface area contributed by atoms with Crippen molar-refractivity contribution >= 4 is 23.2 Å². The number of nitrogens with one attached hydrogen (secondary N) is 1. The molecule has 1 amide bonds. The van der Waals surface area contributed by atoms with Crippen molar-refractivity contribution in [2.45, 2.75) is 25.9 Å². The summed E-state index contributed by atoms with van der Waals surface area (Å²) in [5.41, 5.74) is 0.806. The van der Waals surface area contributed by atoms with Gasteiger partial charge in [-0.2, -0.15) is 10.4 Å². The van der Waals surface area contributed by atoms with Crippen molar-refractivity contribution in [2.24, 2.45) is 0 Å². The Balaban J connectivity index is 1.29. The summed E-state index contributed by atoms with van der Waals surface area (Å²) in [4.78, 5) is 34.9. The average Bonchev–Trinajstić information content (AvgIpc) is 2.94. The Morgan fingerprint density at radius 2 is 1.97 bits per heavy atom. The predicted molar refractivity (Wildman–Crippen MR) is 135 cm³/mol. The minimum Gasteiger partial charge on any atom is -0.486 e. The second-order valence-corrected chi connectivity index (χ2v) is 9.21. The number of piperazine rings is 1. The summed E-state index contributed by atoms with van der Waals surface area (Å²) in [5, 5.41) is 15.5. The fraction of sp³-hybridized carbons (Fsp3) is 0.346. The van der Waals surface area contributed by atoms with Gasteiger partial charge in [0.25, 0.3) is 12.0 Å². The standard InChI is InChI=1S/C26H25F2N7O3/c1-16-10-23(31-32-26(16)37)35-15-19(38-21-4-3-18(25(27)28)11-20(21)35)12-24(36)34-8-6-33(7-9-34)22-5-2-17(13-29)14-30-22/h2-5,10-11,14,19,25H,6-9,12,15H2,1H3,(H,32,37). The van der Waals surface area contributed by atoms with Crippen molar-refractivity contribution in [3.05, 3.63) is 69.6 Å². The number of nitriles is 1. The van der Waals surface area contributed by atoms with Crippen molar-refractivity contribution in [3.8, 4) is 11.8 Å². The van der Waals surface area contributed by atoms with E-state index in [2.05, 4.69) is 20.1 Å². The highest BCUT2D eigenvalue weighted by molar-refractivity contribution is 5.78. The number of benzene rings is 1. The summed E-state index contributed by atoms with van der Waals surface area (Å²) in [5.74, 6) is 1.41. The number of aryl methyl sites for hydroxylation is 1. The zero-order chi connectivity index (χ0) is 26.8. The Morgan fingerprint density at radius 1 is 1.18 bits per heavy atom. The molecule has 196 valence electrons. The molecule has 1 atom stereocenters. The van der Waals surface area contributed by atoms with Gasteiger partial charge in [-0.05, 0) is 43.3 Å². The van der Waals surface area contributed by atoms with Gasteiger partial charge in [0.1, 0.15) is 23.7 Å². The normalized spacial score (nSPS) is 17.1. The molecule has 1 fully saturated rings. The first-order chi connectivity index (χ1) is 18.3. The maximum absolute atomic E-state index is 13.4. The predicted octanol–water partition coefficient (Wildman–Crippen LogP) is 2.92. The van der Waals surface area contributed by atoms with Crippen LogP contribution in [-0.2, 0) is 4.79 Å². The monoisotopic (exact) mass is 521 g/mol. The minimum absolute atomic E-state index is 0.0827. The van der Waals surface area contributed by atoms with E-state index in [0.29, 0.717) is 54.6 Å². The fourth-order valence-corrected chi connectivity index (χ4v) is 4.60. The number of carbonyl (C=O) groups is 1. The maximum Gasteiger partial charge on any atom is 0.267 e. The van der Waals surface area contributed by atoms with Crippen LogP contribution in [0, 0.1) is 18.3 Å². The number of fused-ring (bicyclic) bond motifs is 1. The molecule has 0 bridgehead atoms. The van der Waals surface area contributed by atoms with Crippen LogP contribution in [0.3, 0.4) is 0 Å². The SMILES string of the molecule is Cc1cc(N2CC(CC(=O)N3CCN(c4ccc(C#N)cn4)CC3)Oc3ccc(C(F)F)cc32)n[nH]c1=O. The van der Waals surface area contributed by atoms with Crippen molar-refractivity contribution in [1.29, 1.82) is 5.26 Å². The molecule has 38 heavy (non-hydrogen) atoms. The number of carbonyl (C=O) groups excluding carboxylic acids is 1. The second-order valence-electron chi connectivity index (χ2n) is 9.21. The quantitative estimate of drug-likeness (QED) is 0.545. The Morgan fingerprint density at radius 3 is 2.63 bits per heavy atom. The van der Waals surface area contributed by atoms with Gasteiger partial charge in [0.2, 0.25) is 5.91 Å². The minimum atomic E-state index is -2.66. The van der Waals surface area contributed by atoms with Gasteiger partial charge in [-0.25, -0.2) is 18.9 Å². The number of ether oxygens (including phenoxy) is 1. The summed E-state index contributed by atoms with van der Waals surface area (Å²) < 4.78 is 32.9. The third kappa shape index (κ3) is 5.13. The first-order valence-corrected chi connectivity index (χ1v) is 12.1. The van der Waals surface area contributed by atoms with Crippen LogP contribution in [0.1, 0.15) is 29.5 Å². The highest BCUT2D eigenvalue weighted by Crippen LogP contribution is 2.40. The first kappa shape index (κ1) is 25.1. The van der Waals surface area contributed by atoms with E-state index in [1.165, 1.54) is 24.4 Å². The van der Waals surface area contributed by atoms with Crippen LogP contribution in [0.15, 0.2) is 47.4 Å². The zero-order valence-corrected chi connectivity index (χ0v) is 20.6. The number of hydrogen-bond donors (Lipinski definition) is 1. The zero-order valence-electron chi connectivity index (χ0n) is 20.6. The van der Waals surface area contributed by atoms with Crippen LogP contribution < -0.4 is 20.1 Å². The Kier molecular flexibility index (Phi) is 6.91. The van der Waals surface area contributed by atoms with Crippen molar-refractivity contribution < 1.29 is 18.3 Å². The van der Waals surface area contributed by atoms with Crippen molar-refractivity contribution in [2.75, 3.05) is 42.5 Å². The summed E-state index contributed by atoms with van der Waals surface area (Å²) in [6.07, 6.45) is -1.60. The summed E-state index contributed by atoms with van der Waals surface area (Å²) in [6, 6.07) is 11.3. The van der Waals surface area contributed by atoms with E-state index in [4.69, 9.17) is 10.00 Å². The molecule has 10 nitrogen and oxygen atoms in total. The number of aromatic amines is 1. The van der Waals surface area contributed by atoms with Crippen LogP contribution in [0.2, 0.25) is 0 Å². The number of hydrogen-bond acceptors (Lipinski definition) is 8. The van der Waals surface area contributed by atoms with Gasteiger partial charge in [-0.15, -0.1) is 0 Å². The molecule has 5 rings (SSSR count). The van der Waals surface area contributed by atoms with Gasteiger partial charge in [-0.3, -0.25) is 9.59 Å². The molecule has 1 saturated heterocycles. The largest absolute Gasteiger partial charge is 0.486 e. The molecule has 0 saturated carbocycles. The molecule has 2 aliphatic heterocycles. The lowest BCUT2D eigenvalue weighted by Crippen LogP contribution is -2.50. The number of rotatable bonds is 5. The molecule has 0 radical (unpaired) electrons. The topological polar surface area (TPSA) is 118 Å². The molecule has 12 heteroatoms.